The first-order valence-corrected chi connectivity index (χ1v) is 23.3. The van der Waals surface area contributed by atoms with E-state index in [4.69, 9.17) is 4.74 Å². The molecule has 66 heavy (non-hydrogen) atoms. The molecule has 0 saturated carbocycles. The summed E-state index contributed by atoms with van der Waals surface area (Å²) in [6.45, 7) is 6.75. The molecule has 0 bridgehead atoms. The summed E-state index contributed by atoms with van der Waals surface area (Å²) < 4.78 is 5.52. The third-order valence-corrected chi connectivity index (χ3v) is 14.2. The van der Waals surface area contributed by atoms with E-state index in [1.54, 1.807) is 0 Å². The van der Waals surface area contributed by atoms with E-state index >= 15 is 0 Å². The molecule has 0 atom stereocenters. The van der Waals surface area contributed by atoms with E-state index in [9.17, 15) is 25.2 Å². The number of carbonyl (C=O) groups excluding carboxylic acids is 1. The highest BCUT2D eigenvalue weighted by Gasteiger charge is 2.46. The minimum atomic E-state index is -0.830. The van der Waals surface area contributed by atoms with Crippen molar-refractivity contribution in [2.45, 2.75) is 67.1 Å². The normalized spacial score (nSPS) is 16.0. The first-order chi connectivity index (χ1) is 32.2. The van der Waals surface area contributed by atoms with Crippen LogP contribution in [0.5, 0.6) is 0 Å². The lowest BCUT2D eigenvalue weighted by Gasteiger charge is -2.41. The maximum absolute atomic E-state index is 13.1. The second kappa shape index (κ2) is 21.9. The largest absolute Gasteiger partial charge is 0.481 e. The molecule has 336 valence electrons. The summed E-state index contributed by atoms with van der Waals surface area (Å²) in [4.78, 5) is 30.0. The number of hydrogen-bond acceptors (Lipinski definition) is 7. The topological polar surface area (TPSA) is 118 Å². The maximum atomic E-state index is 13.1. The van der Waals surface area contributed by atoms with Gasteiger partial charge in [0, 0.05) is 13.1 Å². The number of carboxylic acid groups (broad SMARTS) is 1. The van der Waals surface area contributed by atoms with Crippen molar-refractivity contribution >= 4 is 11.9 Å². The van der Waals surface area contributed by atoms with Crippen LogP contribution in [0.4, 0.5) is 0 Å². The number of likely N-dealkylation sites (tertiary alicyclic amines) is 2. The monoisotopic (exact) mass is 876 g/mol. The van der Waals surface area contributed by atoms with Gasteiger partial charge in [-0.05, 0) is 105 Å². The molecule has 0 spiro atoms. The van der Waals surface area contributed by atoms with Crippen molar-refractivity contribution in [3.05, 3.63) is 215 Å². The van der Waals surface area contributed by atoms with Crippen molar-refractivity contribution in [2.24, 2.45) is 0 Å². The second-order valence-corrected chi connectivity index (χ2v) is 17.6. The number of hydrogen-bond donors (Lipinski definition) is 1. The van der Waals surface area contributed by atoms with Crippen LogP contribution in [0.1, 0.15) is 78.8 Å². The Balaban J connectivity index is 0.000000197. The van der Waals surface area contributed by atoms with Crippen molar-refractivity contribution in [1.29, 1.82) is 10.5 Å². The summed E-state index contributed by atoms with van der Waals surface area (Å²) in [5.41, 5.74) is 3.07. The molecule has 8 heteroatoms. The first-order valence-electron chi connectivity index (χ1n) is 23.3. The van der Waals surface area contributed by atoms with E-state index in [1.165, 1.54) is 0 Å². The van der Waals surface area contributed by atoms with Crippen LogP contribution in [0.25, 0.3) is 0 Å². The quantitative estimate of drug-likeness (QED) is 0.101. The van der Waals surface area contributed by atoms with Crippen molar-refractivity contribution in [3.8, 4) is 12.1 Å². The Morgan fingerprint density at radius 2 is 0.803 bits per heavy atom. The zero-order valence-electron chi connectivity index (χ0n) is 38.0. The third kappa shape index (κ3) is 10.0. The molecule has 2 fully saturated rings. The fraction of sp³-hybridized carbons (Fsp3) is 0.310. The molecule has 2 heterocycles. The van der Waals surface area contributed by atoms with Crippen LogP contribution in [-0.2, 0) is 36.0 Å². The molecule has 6 aromatic rings. The molecule has 2 aliphatic rings. The standard InChI is InChI=1S/C30H32N2O2.C28H28N2O2/c1-2-34-28(33)29(25-12-6-3-7-13-25)18-21-32(22-19-29)23-20-30(24-31,26-14-8-4-9-15-26)27-16-10-5-11-17-27;29-22-28(24-12-6-2-7-13-24,25-14-8-3-9-15-25)18-21-30-19-16-27(17-20-30,26(31)32)23-10-4-1-5-11-23/h3-17H,2,18-23H2,1H3;1-15H,16-21H2,(H,31,32). The van der Waals surface area contributed by atoms with Gasteiger partial charge in [0.2, 0.25) is 0 Å². The van der Waals surface area contributed by atoms with Gasteiger partial charge in [-0.25, -0.2) is 0 Å². The van der Waals surface area contributed by atoms with Gasteiger partial charge in [-0.2, -0.15) is 10.5 Å². The molecule has 0 aromatic heterocycles. The Kier molecular flexibility index (Phi) is 15.6. The van der Waals surface area contributed by atoms with Gasteiger partial charge in [0.05, 0.1) is 29.6 Å². The molecular formula is C58H60N4O4. The second-order valence-electron chi connectivity index (χ2n) is 17.6. The molecule has 0 amide bonds. The number of carbonyl (C=O) groups is 2. The van der Waals surface area contributed by atoms with E-state index in [0.29, 0.717) is 58.2 Å². The number of ether oxygens (including phenoxy) is 1. The van der Waals surface area contributed by atoms with Crippen molar-refractivity contribution in [1.82, 2.24) is 9.80 Å². The molecule has 0 radical (unpaired) electrons. The summed E-state index contributed by atoms with van der Waals surface area (Å²) in [7, 11) is 0. The van der Waals surface area contributed by atoms with Crippen LogP contribution in [0, 0.1) is 22.7 Å². The van der Waals surface area contributed by atoms with Crippen LogP contribution in [-0.4, -0.2) is 72.7 Å². The highest BCUT2D eigenvalue weighted by Crippen LogP contribution is 2.41. The Morgan fingerprint density at radius 3 is 1.09 bits per heavy atom. The summed E-state index contributed by atoms with van der Waals surface area (Å²) >= 11 is 0. The van der Waals surface area contributed by atoms with E-state index in [0.717, 1.165) is 59.6 Å². The fourth-order valence-electron chi connectivity index (χ4n) is 10.2. The molecular weight excluding hydrogens is 817 g/mol. The maximum Gasteiger partial charge on any atom is 0.316 e. The smallest absolute Gasteiger partial charge is 0.316 e. The average molecular weight is 877 g/mol. The lowest BCUT2D eigenvalue weighted by Crippen LogP contribution is -2.49. The number of benzene rings is 6. The van der Waals surface area contributed by atoms with E-state index in [1.807, 2.05) is 189 Å². The van der Waals surface area contributed by atoms with Crippen LogP contribution >= 0.6 is 0 Å². The van der Waals surface area contributed by atoms with Gasteiger partial charge in [0.1, 0.15) is 10.8 Å². The average Bonchev–Trinajstić information content (AvgIpc) is 3.39. The van der Waals surface area contributed by atoms with E-state index in [2.05, 4.69) is 21.9 Å². The third-order valence-electron chi connectivity index (χ3n) is 14.2. The van der Waals surface area contributed by atoms with Gasteiger partial charge in [0.15, 0.2) is 0 Å². The van der Waals surface area contributed by atoms with Crippen molar-refractivity contribution < 1.29 is 19.4 Å². The molecule has 8 rings (SSSR count). The van der Waals surface area contributed by atoms with Crippen LogP contribution < -0.4 is 0 Å². The molecule has 0 aliphatic carbocycles. The number of aliphatic carboxylic acids is 1. The number of esters is 1. The predicted molar refractivity (Wildman–Crippen MR) is 260 cm³/mol. The van der Waals surface area contributed by atoms with Gasteiger partial charge in [-0.1, -0.05) is 182 Å². The molecule has 1 N–H and O–H groups in total. The zero-order valence-corrected chi connectivity index (χ0v) is 38.0. The summed E-state index contributed by atoms with van der Waals surface area (Å²) in [6.07, 6.45) is 3.92. The number of carboxylic acids is 1. The summed E-state index contributed by atoms with van der Waals surface area (Å²) in [5, 5.41) is 30.9. The number of nitriles is 2. The van der Waals surface area contributed by atoms with E-state index in [-0.39, 0.29) is 5.97 Å². The zero-order chi connectivity index (χ0) is 46.3. The Bertz CT molecular complexity index is 2450. The van der Waals surface area contributed by atoms with Gasteiger partial charge in [-0.15, -0.1) is 0 Å². The minimum absolute atomic E-state index is 0.124. The Labute approximate surface area is 390 Å². The van der Waals surface area contributed by atoms with Crippen molar-refractivity contribution in [3.63, 3.8) is 0 Å². The molecule has 8 nitrogen and oxygen atoms in total. The van der Waals surface area contributed by atoms with Gasteiger partial charge in [0.25, 0.3) is 0 Å². The lowest BCUT2D eigenvalue weighted by atomic mass is 9.71. The fourth-order valence-corrected chi connectivity index (χ4v) is 10.2. The number of rotatable bonds is 15. The van der Waals surface area contributed by atoms with Gasteiger partial charge in [-0.3, -0.25) is 9.59 Å². The van der Waals surface area contributed by atoms with Crippen LogP contribution in [0.15, 0.2) is 182 Å². The summed E-state index contributed by atoms with van der Waals surface area (Å²) in [6, 6.07) is 65.0. The lowest BCUT2D eigenvalue weighted by molar-refractivity contribution is -0.152. The Morgan fingerprint density at radius 1 is 0.515 bits per heavy atom. The minimum Gasteiger partial charge on any atom is -0.481 e. The highest BCUT2D eigenvalue weighted by molar-refractivity contribution is 5.83. The SMILES string of the molecule is CCOC(=O)C1(c2ccccc2)CCN(CCC(C#N)(c2ccccc2)c2ccccc2)CC1.N#CC(CCN1CCC(C(=O)O)(c2ccccc2)CC1)(c1ccccc1)c1ccccc1. The molecule has 2 aliphatic heterocycles. The molecule has 0 unspecified atom stereocenters. The number of piperidine rings is 2. The van der Waals surface area contributed by atoms with Crippen LogP contribution in [0.2, 0.25) is 0 Å². The first kappa shape index (κ1) is 47.1. The van der Waals surface area contributed by atoms with E-state index < -0.39 is 27.6 Å². The highest BCUT2D eigenvalue weighted by atomic mass is 16.5. The predicted octanol–water partition coefficient (Wildman–Crippen LogP) is 10.5. The van der Waals surface area contributed by atoms with Crippen LogP contribution in [0.3, 0.4) is 0 Å². The molecule has 2 saturated heterocycles. The van der Waals surface area contributed by atoms with Gasteiger partial charge >= 0.3 is 11.9 Å². The Hall–Kier alpha value is -6.84. The number of nitrogens with zero attached hydrogens (tertiary/aromatic N) is 4. The van der Waals surface area contributed by atoms with Crippen molar-refractivity contribution in [2.75, 3.05) is 45.9 Å². The van der Waals surface area contributed by atoms with Gasteiger partial charge < -0.3 is 19.6 Å². The molecule has 6 aromatic carbocycles. The summed E-state index contributed by atoms with van der Waals surface area (Å²) in [5.74, 6) is -0.871.